The Kier molecular flexibility index (Phi) is 1.82. The van der Waals surface area contributed by atoms with Gasteiger partial charge in [-0.25, -0.2) is 0 Å². The summed E-state index contributed by atoms with van der Waals surface area (Å²) in [6, 6.07) is 12.1. The lowest BCUT2D eigenvalue weighted by molar-refractivity contribution is 0.112. The Hall–Kier alpha value is -1.67. The first-order valence-electron chi connectivity index (χ1n) is 4.74. The molecule has 72 valence electrons. The predicted octanol–water partition coefficient (Wildman–Crippen LogP) is 3.87. The van der Waals surface area contributed by atoms with E-state index in [-0.39, 0.29) is 0 Å². The van der Waals surface area contributed by atoms with Crippen LogP contribution in [0.5, 0.6) is 0 Å². The SMILES string of the molecule is O=Cc1cc2ccccc2c2sccc12. The number of hydrogen-bond donors (Lipinski definition) is 0. The van der Waals surface area contributed by atoms with Crippen LogP contribution in [0.25, 0.3) is 20.9 Å². The Balaban J connectivity index is 2.62. The Morgan fingerprint density at radius 3 is 2.80 bits per heavy atom. The minimum Gasteiger partial charge on any atom is -0.298 e. The normalized spacial score (nSPS) is 10.9. The third-order valence-electron chi connectivity index (χ3n) is 2.62. The van der Waals surface area contributed by atoms with Crippen molar-refractivity contribution >= 4 is 38.5 Å². The van der Waals surface area contributed by atoms with Crippen molar-refractivity contribution in [1.82, 2.24) is 0 Å². The van der Waals surface area contributed by atoms with Gasteiger partial charge in [0, 0.05) is 15.6 Å². The van der Waals surface area contributed by atoms with Gasteiger partial charge in [0.25, 0.3) is 0 Å². The van der Waals surface area contributed by atoms with Crippen molar-refractivity contribution in [1.29, 1.82) is 0 Å². The van der Waals surface area contributed by atoms with Gasteiger partial charge in [0.05, 0.1) is 0 Å². The van der Waals surface area contributed by atoms with E-state index >= 15 is 0 Å². The van der Waals surface area contributed by atoms with E-state index in [0.29, 0.717) is 0 Å². The maximum Gasteiger partial charge on any atom is 0.150 e. The molecule has 0 aliphatic carbocycles. The topological polar surface area (TPSA) is 17.1 Å². The maximum absolute atomic E-state index is 11.0. The van der Waals surface area contributed by atoms with Crippen molar-refractivity contribution in [3.63, 3.8) is 0 Å². The molecular weight excluding hydrogens is 204 g/mol. The molecule has 3 rings (SSSR count). The summed E-state index contributed by atoms with van der Waals surface area (Å²) in [5.41, 5.74) is 0.782. The van der Waals surface area contributed by atoms with Gasteiger partial charge in [0.2, 0.25) is 0 Å². The smallest absolute Gasteiger partial charge is 0.150 e. The van der Waals surface area contributed by atoms with Crippen molar-refractivity contribution < 1.29 is 4.79 Å². The zero-order chi connectivity index (χ0) is 10.3. The van der Waals surface area contributed by atoms with E-state index in [1.165, 1.54) is 10.1 Å². The molecule has 0 fully saturated rings. The second kappa shape index (κ2) is 3.17. The molecule has 0 bridgehead atoms. The Bertz CT molecular complexity index is 652. The molecule has 0 saturated carbocycles. The lowest BCUT2D eigenvalue weighted by atomic mass is 10.0. The van der Waals surface area contributed by atoms with Gasteiger partial charge in [-0.05, 0) is 28.3 Å². The van der Waals surface area contributed by atoms with Gasteiger partial charge in [-0.3, -0.25) is 4.79 Å². The van der Waals surface area contributed by atoms with Crippen molar-refractivity contribution in [3.05, 3.63) is 47.3 Å². The van der Waals surface area contributed by atoms with Gasteiger partial charge >= 0.3 is 0 Å². The molecule has 0 saturated heterocycles. The molecule has 15 heavy (non-hydrogen) atoms. The number of benzene rings is 2. The zero-order valence-electron chi connectivity index (χ0n) is 7.94. The molecule has 0 atom stereocenters. The fraction of sp³-hybridized carbons (Fsp3) is 0. The minimum absolute atomic E-state index is 0.782. The van der Waals surface area contributed by atoms with Crippen LogP contribution in [0.15, 0.2) is 41.8 Å². The molecule has 0 spiro atoms. The molecule has 2 heteroatoms. The highest BCUT2D eigenvalue weighted by Gasteiger charge is 2.06. The number of carbonyl (C=O) groups is 1. The van der Waals surface area contributed by atoms with E-state index in [2.05, 4.69) is 6.07 Å². The maximum atomic E-state index is 11.0. The highest BCUT2D eigenvalue weighted by molar-refractivity contribution is 7.18. The molecule has 0 amide bonds. The largest absolute Gasteiger partial charge is 0.298 e. The van der Waals surface area contributed by atoms with Crippen LogP contribution < -0.4 is 0 Å². The van der Waals surface area contributed by atoms with Crippen LogP contribution in [0.2, 0.25) is 0 Å². The van der Waals surface area contributed by atoms with Gasteiger partial charge in [-0.2, -0.15) is 0 Å². The van der Waals surface area contributed by atoms with Crippen molar-refractivity contribution in [2.24, 2.45) is 0 Å². The first-order chi connectivity index (χ1) is 7.40. The Labute approximate surface area is 91.0 Å². The van der Waals surface area contributed by atoms with Crippen molar-refractivity contribution in [3.8, 4) is 0 Å². The highest BCUT2D eigenvalue weighted by atomic mass is 32.1. The average molecular weight is 212 g/mol. The lowest BCUT2D eigenvalue weighted by Crippen LogP contribution is -1.82. The van der Waals surface area contributed by atoms with Gasteiger partial charge in [0.1, 0.15) is 0 Å². The highest BCUT2D eigenvalue weighted by Crippen LogP contribution is 2.31. The summed E-state index contributed by atoms with van der Waals surface area (Å²) >= 11 is 1.69. The standard InChI is InChI=1S/C13H8OS/c14-8-10-7-9-3-1-2-4-11(9)13-12(10)5-6-15-13/h1-8H. The summed E-state index contributed by atoms with van der Waals surface area (Å²) in [6.07, 6.45) is 0.932. The first-order valence-corrected chi connectivity index (χ1v) is 5.62. The quantitative estimate of drug-likeness (QED) is 0.560. The van der Waals surface area contributed by atoms with Crippen LogP contribution >= 0.6 is 11.3 Å². The molecule has 3 aromatic rings. The van der Waals surface area contributed by atoms with E-state index in [4.69, 9.17) is 0 Å². The summed E-state index contributed by atoms with van der Waals surface area (Å²) in [5, 5.41) is 5.46. The van der Waals surface area contributed by atoms with Crippen LogP contribution in [-0.2, 0) is 0 Å². The molecule has 0 radical (unpaired) electrons. The predicted molar refractivity (Wildman–Crippen MR) is 64.7 cm³/mol. The minimum atomic E-state index is 0.782. The van der Waals surface area contributed by atoms with Gasteiger partial charge < -0.3 is 0 Å². The molecule has 1 heterocycles. The van der Waals surface area contributed by atoms with E-state index in [0.717, 1.165) is 22.6 Å². The van der Waals surface area contributed by atoms with E-state index < -0.39 is 0 Å². The summed E-state index contributed by atoms with van der Waals surface area (Å²) in [5.74, 6) is 0. The van der Waals surface area contributed by atoms with Crippen LogP contribution in [0, 0.1) is 0 Å². The van der Waals surface area contributed by atoms with Crippen LogP contribution in [0.1, 0.15) is 10.4 Å². The van der Waals surface area contributed by atoms with Crippen molar-refractivity contribution in [2.45, 2.75) is 0 Å². The summed E-state index contributed by atoms with van der Waals surface area (Å²) in [4.78, 5) is 11.0. The van der Waals surface area contributed by atoms with E-state index in [9.17, 15) is 4.79 Å². The van der Waals surface area contributed by atoms with Gasteiger partial charge in [-0.15, -0.1) is 11.3 Å². The van der Waals surface area contributed by atoms with Crippen LogP contribution in [0.3, 0.4) is 0 Å². The summed E-state index contributed by atoms with van der Waals surface area (Å²) < 4.78 is 1.20. The molecule has 0 unspecified atom stereocenters. The van der Waals surface area contributed by atoms with Crippen LogP contribution in [0.4, 0.5) is 0 Å². The average Bonchev–Trinajstić information content (AvgIpc) is 2.77. The molecule has 1 aromatic heterocycles. The molecule has 2 aromatic carbocycles. The number of thiophene rings is 1. The molecule has 0 aliphatic heterocycles. The molecule has 1 nitrogen and oxygen atoms in total. The van der Waals surface area contributed by atoms with Crippen molar-refractivity contribution in [2.75, 3.05) is 0 Å². The second-order valence-electron chi connectivity index (χ2n) is 3.47. The lowest BCUT2D eigenvalue weighted by Gasteiger charge is -2.01. The summed E-state index contributed by atoms with van der Waals surface area (Å²) in [7, 11) is 0. The van der Waals surface area contributed by atoms with E-state index in [1.54, 1.807) is 11.3 Å². The second-order valence-corrected chi connectivity index (χ2v) is 4.38. The fourth-order valence-corrected chi connectivity index (χ4v) is 2.88. The first kappa shape index (κ1) is 8.62. The molecule has 0 aliphatic rings. The van der Waals surface area contributed by atoms with Crippen LogP contribution in [-0.4, -0.2) is 6.29 Å². The Morgan fingerprint density at radius 2 is 1.93 bits per heavy atom. The molecule has 0 N–H and O–H groups in total. The fourth-order valence-electron chi connectivity index (χ4n) is 1.92. The monoisotopic (exact) mass is 212 g/mol. The number of rotatable bonds is 1. The van der Waals surface area contributed by atoms with Gasteiger partial charge in [0.15, 0.2) is 6.29 Å². The zero-order valence-corrected chi connectivity index (χ0v) is 8.75. The van der Waals surface area contributed by atoms with E-state index in [1.807, 2.05) is 35.7 Å². The number of fused-ring (bicyclic) bond motifs is 3. The third kappa shape index (κ3) is 1.18. The molecular formula is C13H8OS. The Morgan fingerprint density at radius 1 is 1.07 bits per heavy atom. The van der Waals surface area contributed by atoms with Gasteiger partial charge in [-0.1, -0.05) is 24.3 Å². The number of aldehydes is 1. The third-order valence-corrected chi connectivity index (χ3v) is 3.57. The number of hydrogen-bond acceptors (Lipinski definition) is 2. The number of carbonyl (C=O) groups excluding carboxylic acids is 1. The summed E-state index contributed by atoms with van der Waals surface area (Å²) in [6.45, 7) is 0.